The summed E-state index contributed by atoms with van der Waals surface area (Å²) in [6, 6.07) is 3.49. The topological polar surface area (TPSA) is 71.4 Å². The van der Waals surface area contributed by atoms with Crippen LogP contribution in [0.5, 0.6) is 0 Å². The summed E-state index contributed by atoms with van der Waals surface area (Å²) in [5.74, 6) is -0.316. The van der Waals surface area contributed by atoms with E-state index in [-0.39, 0.29) is 22.3 Å². The lowest BCUT2D eigenvalue weighted by Crippen LogP contribution is -2.19. The number of aliphatic hydroxyl groups is 1. The molecule has 4 nitrogen and oxygen atoms in total. The number of ketones is 1. The minimum atomic E-state index is -3.73. The van der Waals surface area contributed by atoms with Gasteiger partial charge in [-0.1, -0.05) is 32.4 Å². The van der Waals surface area contributed by atoms with Gasteiger partial charge in [0.15, 0.2) is 15.6 Å². The SMILES string of the molecule is CC(C)c1cc(Cl)c2c(c1CC(=O)CS(=O)(=O)c1cc(C3(O)CC3)cs1)C(C)CC2. The van der Waals surface area contributed by atoms with Crippen LogP contribution in [0.4, 0.5) is 0 Å². The fraction of sp³-hybridized carbons (Fsp3) is 0.522. The highest BCUT2D eigenvalue weighted by atomic mass is 35.5. The highest BCUT2D eigenvalue weighted by Crippen LogP contribution is 2.47. The summed E-state index contributed by atoms with van der Waals surface area (Å²) < 4.78 is 25.9. The molecule has 1 unspecified atom stereocenters. The number of halogens is 1. The van der Waals surface area contributed by atoms with Crippen LogP contribution >= 0.6 is 22.9 Å². The van der Waals surface area contributed by atoms with Crippen molar-refractivity contribution in [2.75, 3.05) is 5.75 Å². The molecule has 0 saturated heterocycles. The number of carbonyl (C=O) groups excluding carboxylic acids is 1. The lowest BCUT2D eigenvalue weighted by atomic mass is 9.86. The summed E-state index contributed by atoms with van der Waals surface area (Å²) in [6.07, 6.45) is 3.31. The van der Waals surface area contributed by atoms with Gasteiger partial charge in [-0.25, -0.2) is 8.42 Å². The second kappa shape index (κ2) is 7.73. The monoisotopic (exact) mass is 466 g/mol. The fourth-order valence-electron chi connectivity index (χ4n) is 4.51. The summed E-state index contributed by atoms with van der Waals surface area (Å²) >= 11 is 7.61. The third-order valence-corrected chi connectivity index (χ3v) is 9.92. The Kier molecular flexibility index (Phi) is 5.67. The van der Waals surface area contributed by atoms with Crippen LogP contribution in [0.1, 0.15) is 79.7 Å². The van der Waals surface area contributed by atoms with E-state index in [1.165, 1.54) is 6.07 Å². The number of thiophene rings is 1. The van der Waals surface area contributed by atoms with Crippen molar-refractivity contribution in [1.29, 1.82) is 0 Å². The van der Waals surface area contributed by atoms with Crippen LogP contribution in [0.25, 0.3) is 0 Å². The average Bonchev–Trinajstić information content (AvgIpc) is 3.08. The van der Waals surface area contributed by atoms with E-state index in [2.05, 4.69) is 20.8 Å². The van der Waals surface area contributed by atoms with E-state index in [4.69, 9.17) is 11.6 Å². The van der Waals surface area contributed by atoms with Gasteiger partial charge in [0.05, 0.1) is 5.60 Å². The molecular weight excluding hydrogens is 440 g/mol. The van der Waals surface area contributed by atoms with Crippen molar-refractivity contribution in [1.82, 2.24) is 0 Å². The zero-order valence-corrected chi connectivity index (χ0v) is 19.9. The molecule has 1 aromatic heterocycles. The van der Waals surface area contributed by atoms with Crippen LogP contribution in [-0.2, 0) is 33.1 Å². The molecule has 1 atom stereocenters. The molecule has 0 spiro atoms. The standard InChI is InChI=1S/C23H27ClO4S2/c1-13(2)18-10-20(24)17-5-4-14(3)22(17)19(18)9-16(25)12-30(27,28)21-8-15(11-29-21)23(26)6-7-23/h8,10-11,13-14,26H,4-7,9,12H2,1-3H3. The second-order valence-electron chi connectivity index (χ2n) is 9.07. The first kappa shape index (κ1) is 22.0. The Balaban J connectivity index is 1.60. The van der Waals surface area contributed by atoms with Crippen LogP contribution in [0.3, 0.4) is 0 Å². The predicted octanol–water partition coefficient (Wildman–Crippen LogP) is 5.14. The molecule has 1 fully saturated rings. The number of hydrogen-bond acceptors (Lipinski definition) is 5. The molecule has 1 N–H and O–H groups in total. The average molecular weight is 467 g/mol. The van der Waals surface area contributed by atoms with Crippen molar-refractivity contribution in [2.24, 2.45) is 0 Å². The molecule has 1 aromatic carbocycles. The number of benzene rings is 1. The van der Waals surface area contributed by atoms with E-state index in [1.54, 1.807) is 5.38 Å². The van der Waals surface area contributed by atoms with Crippen molar-refractivity contribution < 1.29 is 18.3 Å². The molecule has 7 heteroatoms. The van der Waals surface area contributed by atoms with Gasteiger partial charge < -0.3 is 5.11 Å². The Morgan fingerprint density at radius 1 is 1.33 bits per heavy atom. The number of rotatable bonds is 7. The molecule has 0 aliphatic heterocycles. The Morgan fingerprint density at radius 2 is 2.03 bits per heavy atom. The number of sulfone groups is 1. The lowest BCUT2D eigenvalue weighted by Gasteiger charge is -2.20. The maximum Gasteiger partial charge on any atom is 0.194 e. The molecule has 4 rings (SSSR count). The Bertz CT molecular complexity index is 1110. The zero-order valence-electron chi connectivity index (χ0n) is 17.5. The van der Waals surface area contributed by atoms with Crippen LogP contribution in [0.2, 0.25) is 5.02 Å². The Labute approximate surface area is 187 Å². The minimum absolute atomic E-state index is 0.110. The van der Waals surface area contributed by atoms with Gasteiger partial charge in [0.2, 0.25) is 0 Å². The molecule has 1 heterocycles. The summed E-state index contributed by atoms with van der Waals surface area (Å²) in [4.78, 5) is 12.9. The van der Waals surface area contributed by atoms with Gasteiger partial charge in [-0.15, -0.1) is 11.3 Å². The summed E-state index contributed by atoms with van der Waals surface area (Å²) in [5.41, 5.74) is 4.03. The first-order chi connectivity index (χ1) is 14.0. The molecule has 162 valence electrons. The van der Waals surface area contributed by atoms with Gasteiger partial charge in [0.25, 0.3) is 0 Å². The van der Waals surface area contributed by atoms with Gasteiger partial charge >= 0.3 is 0 Å². The molecule has 30 heavy (non-hydrogen) atoms. The molecule has 2 aliphatic carbocycles. The first-order valence-corrected chi connectivity index (χ1v) is 13.3. The smallest absolute Gasteiger partial charge is 0.194 e. The summed E-state index contributed by atoms with van der Waals surface area (Å²) in [5, 5.41) is 12.7. The molecular formula is C23H27ClO4S2. The molecule has 0 radical (unpaired) electrons. The first-order valence-electron chi connectivity index (χ1n) is 10.4. The van der Waals surface area contributed by atoms with E-state index < -0.39 is 21.2 Å². The van der Waals surface area contributed by atoms with Crippen LogP contribution in [-0.4, -0.2) is 25.1 Å². The van der Waals surface area contributed by atoms with E-state index in [0.717, 1.165) is 51.5 Å². The quantitative estimate of drug-likeness (QED) is 0.613. The van der Waals surface area contributed by atoms with Gasteiger partial charge in [-0.3, -0.25) is 4.79 Å². The maximum atomic E-state index is 12.9. The van der Waals surface area contributed by atoms with Crippen LogP contribution in [0, 0.1) is 0 Å². The maximum absolute atomic E-state index is 12.9. The molecule has 0 amide bonds. The molecule has 0 bridgehead atoms. The number of fused-ring (bicyclic) bond motifs is 1. The van der Waals surface area contributed by atoms with Crippen molar-refractivity contribution >= 4 is 38.6 Å². The number of Topliss-reactive ketones (excluding diaryl/α,β-unsaturated/α-hetero) is 1. The lowest BCUT2D eigenvalue weighted by molar-refractivity contribution is -0.116. The summed E-state index contributed by atoms with van der Waals surface area (Å²) in [6.45, 7) is 6.28. The van der Waals surface area contributed by atoms with E-state index in [1.807, 2.05) is 6.07 Å². The normalized spacial score (nSPS) is 19.9. The van der Waals surface area contributed by atoms with E-state index in [9.17, 15) is 18.3 Å². The molecule has 2 aromatic rings. The second-order valence-corrected chi connectivity index (χ2v) is 12.6. The van der Waals surface area contributed by atoms with Gasteiger partial charge in [-0.2, -0.15) is 0 Å². The van der Waals surface area contributed by atoms with Crippen LogP contribution in [0.15, 0.2) is 21.7 Å². The molecule has 2 aliphatic rings. The predicted molar refractivity (Wildman–Crippen MR) is 120 cm³/mol. The van der Waals surface area contributed by atoms with E-state index in [0.29, 0.717) is 24.3 Å². The molecule has 1 saturated carbocycles. The largest absolute Gasteiger partial charge is 0.385 e. The van der Waals surface area contributed by atoms with Crippen LogP contribution < -0.4 is 0 Å². The van der Waals surface area contributed by atoms with E-state index >= 15 is 0 Å². The summed E-state index contributed by atoms with van der Waals surface area (Å²) in [7, 11) is -3.73. The third kappa shape index (κ3) is 3.99. The zero-order chi connectivity index (χ0) is 21.8. The highest BCUT2D eigenvalue weighted by Gasteiger charge is 2.43. The van der Waals surface area contributed by atoms with Crippen molar-refractivity contribution in [3.63, 3.8) is 0 Å². The number of hydrogen-bond donors (Lipinski definition) is 1. The van der Waals surface area contributed by atoms with Gasteiger partial charge in [-0.05, 0) is 82.8 Å². The Morgan fingerprint density at radius 3 is 2.67 bits per heavy atom. The fourth-order valence-corrected chi connectivity index (χ4v) is 7.43. The van der Waals surface area contributed by atoms with Crippen molar-refractivity contribution in [2.45, 2.75) is 74.5 Å². The minimum Gasteiger partial charge on any atom is -0.385 e. The third-order valence-electron chi connectivity index (χ3n) is 6.38. The van der Waals surface area contributed by atoms with Crippen molar-refractivity contribution in [3.8, 4) is 0 Å². The highest BCUT2D eigenvalue weighted by molar-refractivity contribution is 7.94. The van der Waals surface area contributed by atoms with Gasteiger partial charge in [0.1, 0.15) is 9.96 Å². The van der Waals surface area contributed by atoms with Gasteiger partial charge in [0, 0.05) is 11.4 Å². The van der Waals surface area contributed by atoms with Crippen molar-refractivity contribution in [3.05, 3.63) is 50.4 Å². The number of carbonyl (C=O) groups is 1. The Hall–Kier alpha value is -1.21.